The maximum Gasteiger partial charge on any atom is 0.416 e. The van der Waals surface area contributed by atoms with Gasteiger partial charge in [-0.25, -0.2) is 0 Å². The molecule has 1 heterocycles. The normalized spacial score (nSPS) is 22.2. The van der Waals surface area contributed by atoms with Gasteiger partial charge < -0.3 is 15.0 Å². The number of hydrogen-bond donors (Lipinski definition) is 1. The van der Waals surface area contributed by atoms with Crippen molar-refractivity contribution in [3.05, 3.63) is 59.2 Å². The lowest BCUT2D eigenvalue weighted by atomic mass is 9.78. The van der Waals surface area contributed by atoms with Crippen LogP contribution in [0.25, 0.3) is 0 Å². The average Bonchev–Trinajstić information content (AvgIpc) is 2.71. The predicted octanol–water partition coefficient (Wildman–Crippen LogP) is 5.03. The molecule has 1 aliphatic rings. The van der Waals surface area contributed by atoms with Crippen molar-refractivity contribution in [3.63, 3.8) is 0 Å². The van der Waals surface area contributed by atoms with Gasteiger partial charge in [-0.15, -0.1) is 11.8 Å². The molecular formula is C23H27F3N2O2S. The molecule has 0 aromatic heterocycles. The van der Waals surface area contributed by atoms with Gasteiger partial charge in [-0.3, -0.25) is 4.79 Å². The Morgan fingerprint density at radius 1 is 1.26 bits per heavy atom. The van der Waals surface area contributed by atoms with E-state index >= 15 is 0 Å². The molecular weight excluding hydrogens is 425 g/mol. The van der Waals surface area contributed by atoms with Crippen molar-refractivity contribution >= 4 is 17.7 Å². The van der Waals surface area contributed by atoms with Gasteiger partial charge in [0, 0.05) is 18.0 Å². The third kappa shape index (κ3) is 5.01. The average molecular weight is 453 g/mol. The van der Waals surface area contributed by atoms with Gasteiger partial charge in [-0.05, 0) is 43.3 Å². The molecule has 0 radical (unpaired) electrons. The van der Waals surface area contributed by atoms with Crippen molar-refractivity contribution in [1.29, 1.82) is 0 Å². The van der Waals surface area contributed by atoms with Crippen LogP contribution in [-0.4, -0.2) is 44.3 Å². The van der Waals surface area contributed by atoms with E-state index in [-0.39, 0.29) is 16.2 Å². The second-order valence-corrected chi connectivity index (χ2v) is 9.01. The second kappa shape index (κ2) is 9.12. The number of likely N-dealkylation sites (tertiary alicyclic amines) is 1. The molecule has 1 fully saturated rings. The number of carbonyl (C=O) groups is 1. The Bertz CT molecular complexity index is 899. The summed E-state index contributed by atoms with van der Waals surface area (Å²) in [5, 5.41) is 3.18. The predicted molar refractivity (Wildman–Crippen MR) is 117 cm³/mol. The first kappa shape index (κ1) is 23.5. The molecule has 2 atom stereocenters. The number of thioether (sulfide) groups is 1. The highest BCUT2D eigenvalue weighted by Crippen LogP contribution is 2.40. The highest BCUT2D eigenvalue weighted by Gasteiger charge is 2.41. The van der Waals surface area contributed by atoms with Gasteiger partial charge in [0.15, 0.2) is 0 Å². The van der Waals surface area contributed by atoms with Gasteiger partial charge in [0.25, 0.3) is 5.91 Å². The largest absolute Gasteiger partial charge is 0.496 e. The number of alkyl halides is 3. The maximum atomic E-state index is 13.5. The van der Waals surface area contributed by atoms with Crippen molar-refractivity contribution in [2.45, 2.75) is 30.0 Å². The second-order valence-electron chi connectivity index (χ2n) is 8.16. The van der Waals surface area contributed by atoms with Crippen LogP contribution >= 0.6 is 11.8 Å². The molecule has 1 N–H and O–H groups in total. The van der Waals surface area contributed by atoms with Crippen LogP contribution in [0, 0.1) is 5.92 Å². The number of piperidine rings is 1. The van der Waals surface area contributed by atoms with Gasteiger partial charge >= 0.3 is 6.18 Å². The summed E-state index contributed by atoms with van der Waals surface area (Å²) in [5.41, 5.74) is -0.403. The first-order valence-electron chi connectivity index (χ1n) is 9.99. The standard InChI is InChI=1S/C23H27F3N2O2S/c1-15-12-22(14-28(2)13-15,16-8-6-5-7-9-16)27-21(29)20-18(30-3)10-17(23(24,25)26)11-19(20)31-4/h5-11,15H,12-14H2,1-4H3,(H,27,29). The number of methoxy groups -OCH3 is 1. The summed E-state index contributed by atoms with van der Waals surface area (Å²) in [6.07, 6.45) is -2.15. The van der Waals surface area contributed by atoms with Gasteiger partial charge in [0.2, 0.25) is 0 Å². The zero-order chi connectivity index (χ0) is 22.8. The number of ether oxygens (including phenoxy) is 1. The summed E-state index contributed by atoms with van der Waals surface area (Å²) >= 11 is 1.09. The molecule has 0 spiro atoms. The fourth-order valence-electron chi connectivity index (χ4n) is 4.49. The molecule has 2 aromatic rings. The maximum absolute atomic E-state index is 13.5. The summed E-state index contributed by atoms with van der Waals surface area (Å²) in [7, 11) is 3.28. The fourth-order valence-corrected chi connectivity index (χ4v) is 5.13. The Hall–Kier alpha value is -2.19. The Labute approximate surface area is 185 Å². The summed E-state index contributed by atoms with van der Waals surface area (Å²) in [6, 6.07) is 11.6. The van der Waals surface area contributed by atoms with Gasteiger partial charge in [-0.2, -0.15) is 13.2 Å². The Morgan fingerprint density at radius 3 is 2.48 bits per heavy atom. The van der Waals surface area contributed by atoms with Crippen LogP contribution in [-0.2, 0) is 11.7 Å². The van der Waals surface area contributed by atoms with Gasteiger partial charge in [0.05, 0.1) is 23.8 Å². The molecule has 0 aliphatic carbocycles. The molecule has 1 amide bonds. The first-order valence-corrected chi connectivity index (χ1v) is 11.2. The summed E-state index contributed by atoms with van der Waals surface area (Å²) in [6.45, 7) is 3.64. The fraction of sp³-hybridized carbons (Fsp3) is 0.435. The van der Waals surface area contributed by atoms with Crippen LogP contribution < -0.4 is 10.1 Å². The molecule has 2 unspecified atom stereocenters. The molecule has 1 aliphatic heterocycles. The minimum atomic E-state index is -4.53. The van der Waals surface area contributed by atoms with E-state index in [1.165, 1.54) is 7.11 Å². The molecule has 4 nitrogen and oxygen atoms in total. The van der Waals surface area contributed by atoms with Crippen LogP contribution in [0.1, 0.15) is 34.8 Å². The molecule has 3 rings (SSSR count). The molecule has 0 bridgehead atoms. The SMILES string of the molecule is COc1cc(C(F)(F)F)cc(SC)c1C(=O)NC1(c2ccccc2)CC(C)CN(C)C1. The van der Waals surface area contributed by atoms with E-state index in [1.807, 2.05) is 37.4 Å². The number of halogens is 3. The number of rotatable bonds is 5. The van der Waals surface area contributed by atoms with E-state index in [9.17, 15) is 18.0 Å². The highest BCUT2D eigenvalue weighted by molar-refractivity contribution is 7.98. The van der Waals surface area contributed by atoms with Crippen LogP contribution in [0.2, 0.25) is 0 Å². The Morgan fingerprint density at radius 2 is 1.94 bits per heavy atom. The van der Waals surface area contributed by atoms with E-state index in [4.69, 9.17) is 4.74 Å². The molecule has 168 valence electrons. The zero-order valence-electron chi connectivity index (χ0n) is 18.0. The third-order valence-electron chi connectivity index (χ3n) is 5.60. The number of amides is 1. The quantitative estimate of drug-likeness (QED) is 0.646. The summed E-state index contributed by atoms with van der Waals surface area (Å²) in [4.78, 5) is 15.9. The minimum Gasteiger partial charge on any atom is -0.496 e. The number of likely N-dealkylation sites (N-methyl/N-ethyl adjacent to an activating group) is 1. The number of nitrogens with zero attached hydrogens (tertiary/aromatic N) is 1. The molecule has 2 aromatic carbocycles. The molecule has 31 heavy (non-hydrogen) atoms. The third-order valence-corrected chi connectivity index (χ3v) is 6.36. The highest BCUT2D eigenvalue weighted by atomic mass is 32.2. The monoisotopic (exact) mass is 452 g/mol. The number of carbonyl (C=O) groups excluding carboxylic acids is 1. The van der Waals surface area contributed by atoms with Crippen LogP contribution in [0.4, 0.5) is 13.2 Å². The van der Waals surface area contributed by atoms with E-state index in [2.05, 4.69) is 17.1 Å². The summed E-state index contributed by atoms with van der Waals surface area (Å²) < 4.78 is 45.2. The number of benzene rings is 2. The Kier molecular flexibility index (Phi) is 6.91. The minimum absolute atomic E-state index is 0.0860. The van der Waals surface area contributed by atoms with Crippen molar-refractivity contribution in [2.75, 3.05) is 33.5 Å². The van der Waals surface area contributed by atoms with E-state index in [0.29, 0.717) is 12.5 Å². The number of nitrogens with one attached hydrogen (secondary N) is 1. The molecule has 0 saturated carbocycles. The van der Waals surface area contributed by atoms with Crippen molar-refractivity contribution in [1.82, 2.24) is 10.2 Å². The number of hydrogen-bond acceptors (Lipinski definition) is 4. The van der Waals surface area contributed by atoms with Gasteiger partial charge in [-0.1, -0.05) is 37.3 Å². The summed E-state index contributed by atoms with van der Waals surface area (Å²) in [5.74, 6) is -0.202. The van der Waals surface area contributed by atoms with Crippen molar-refractivity contribution < 1.29 is 22.7 Å². The lowest BCUT2D eigenvalue weighted by Gasteiger charge is -2.45. The molecule has 1 saturated heterocycles. The first-order chi connectivity index (χ1) is 14.6. The topological polar surface area (TPSA) is 41.6 Å². The van der Waals surface area contributed by atoms with E-state index in [1.54, 1.807) is 6.26 Å². The molecule has 8 heteroatoms. The van der Waals surface area contributed by atoms with E-state index < -0.39 is 23.2 Å². The van der Waals surface area contributed by atoms with E-state index in [0.717, 1.165) is 42.4 Å². The van der Waals surface area contributed by atoms with Crippen molar-refractivity contribution in [2.24, 2.45) is 5.92 Å². The Balaban J connectivity index is 2.07. The smallest absolute Gasteiger partial charge is 0.416 e. The van der Waals surface area contributed by atoms with Crippen LogP contribution in [0.15, 0.2) is 47.4 Å². The van der Waals surface area contributed by atoms with Crippen LogP contribution in [0.3, 0.4) is 0 Å². The lowest BCUT2D eigenvalue weighted by Crippen LogP contribution is -2.57. The van der Waals surface area contributed by atoms with Crippen molar-refractivity contribution in [3.8, 4) is 5.75 Å². The van der Waals surface area contributed by atoms with Gasteiger partial charge in [0.1, 0.15) is 5.75 Å². The van der Waals surface area contributed by atoms with Crippen LogP contribution in [0.5, 0.6) is 5.75 Å². The zero-order valence-corrected chi connectivity index (χ0v) is 18.9. The lowest BCUT2D eigenvalue weighted by molar-refractivity contribution is -0.137.